The van der Waals surface area contributed by atoms with Crippen LogP contribution < -0.4 is 10.1 Å². The number of nitrogens with zero attached hydrogens (tertiary/aromatic N) is 1. The highest BCUT2D eigenvalue weighted by Gasteiger charge is 2.24. The van der Waals surface area contributed by atoms with Crippen LogP contribution in [0, 0.1) is 5.82 Å². The molecule has 0 unspecified atom stereocenters. The lowest BCUT2D eigenvalue weighted by atomic mass is 10.0. The van der Waals surface area contributed by atoms with Gasteiger partial charge in [0.05, 0.1) is 13.7 Å². The van der Waals surface area contributed by atoms with Crippen LogP contribution in [0.15, 0.2) is 48.5 Å². The molecule has 2 aromatic carbocycles. The summed E-state index contributed by atoms with van der Waals surface area (Å²) in [6, 6.07) is 14.6. The number of benzene rings is 2. The van der Waals surface area contributed by atoms with Gasteiger partial charge in [0.2, 0.25) is 5.91 Å². The zero-order chi connectivity index (χ0) is 19.1. The van der Waals surface area contributed by atoms with Crippen molar-refractivity contribution in [2.45, 2.75) is 38.3 Å². The van der Waals surface area contributed by atoms with Crippen molar-refractivity contribution in [2.24, 2.45) is 0 Å². The Labute approximate surface area is 160 Å². The number of hydrogen-bond donors (Lipinski definition) is 1. The molecule has 0 bridgehead atoms. The normalized spacial score (nSPS) is 17.9. The van der Waals surface area contributed by atoms with Crippen molar-refractivity contribution in [1.29, 1.82) is 0 Å². The summed E-state index contributed by atoms with van der Waals surface area (Å²) >= 11 is 0. The summed E-state index contributed by atoms with van der Waals surface area (Å²) in [5.74, 6) is 0.577. The SMILES string of the molecule is COc1ccc([C@@H]2CCCCCN2CC(=O)NCc2ccc(F)cc2)cc1. The zero-order valence-corrected chi connectivity index (χ0v) is 15.8. The van der Waals surface area contributed by atoms with Crippen molar-refractivity contribution in [3.05, 3.63) is 65.5 Å². The van der Waals surface area contributed by atoms with Gasteiger partial charge in [-0.2, -0.15) is 0 Å². The lowest BCUT2D eigenvalue weighted by Gasteiger charge is -2.29. The van der Waals surface area contributed by atoms with E-state index >= 15 is 0 Å². The van der Waals surface area contributed by atoms with Crippen LogP contribution in [-0.2, 0) is 11.3 Å². The minimum atomic E-state index is -0.267. The molecule has 0 saturated carbocycles. The summed E-state index contributed by atoms with van der Waals surface area (Å²) in [6.07, 6.45) is 4.53. The van der Waals surface area contributed by atoms with E-state index in [1.54, 1.807) is 19.2 Å². The van der Waals surface area contributed by atoms with Crippen LogP contribution in [0.1, 0.15) is 42.9 Å². The number of ether oxygens (including phenoxy) is 1. The van der Waals surface area contributed by atoms with Gasteiger partial charge < -0.3 is 10.1 Å². The van der Waals surface area contributed by atoms with Gasteiger partial charge in [0.25, 0.3) is 0 Å². The molecule has 0 aliphatic carbocycles. The number of carbonyl (C=O) groups excluding carboxylic acids is 1. The fourth-order valence-corrected chi connectivity index (χ4v) is 3.60. The van der Waals surface area contributed by atoms with Crippen molar-refractivity contribution in [3.8, 4) is 5.75 Å². The number of hydrogen-bond acceptors (Lipinski definition) is 3. The summed E-state index contributed by atoms with van der Waals surface area (Å²) in [5.41, 5.74) is 2.12. The van der Waals surface area contributed by atoms with E-state index in [4.69, 9.17) is 4.74 Å². The standard InChI is InChI=1S/C22H27FN2O2/c1-27-20-12-8-18(9-13-20)21-5-3-2-4-14-25(21)16-22(26)24-15-17-6-10-19(23)11-7-17/h6-13,21H,2-5,14-16H2,1H3,(H,24,26)/t21-/m0/s1. The number of rotatable bonds is 6. The third kappa shape index (κ3) is 5.54. The molecular weight excluding hydrogens is 343 g/mol. The van der Waals surface area contributed by atoms with Crippen LogP contribution in [0.5, 0.6) is 5.75 Å². The first-order valence-electron chi connectivity index (χ1n) is 9.55. The Morgan fingerprint density at radius 3 is 2.56 bits per heavy atom. The largest absolute Gasteiger partial charge is 0.497 e. The van der Waals surface area contributed by atoms with E-state index in [-0.39, 0.29) is 17.8 Å². The number of amides is 1. The van der Waals surface area contributed by atoms with Crippen LogP contribution in [0.2, 0.25) is 0 Å². The smallest absolute Gasteiger partial charge is 0.234 e. The lowest BCUT2D eigenvalue weighted by molar-refractivity contribution is -0.123. The van der Waals surface area contributed by atoms with Crippen molar-refractivity contribution in [1.82, 2.24) is 10.2 Å². The van der Waals surface area contributed by atoms with E-state index in [1.807, 2.05) is 12.1 Å². The Bertz CT molecular complexity index is 731. The molecule has 144 valence electrons. The number of methoxy groups -OCH3 is 1. The second kappa shape index (κ2) is 9.51. The van der Waals surface area contributed by atoms with Gasteiger partial charge in [-0.15, -0.1) is 0 Å². The summed E-state index contributed by atoms with van der Waals surface area (Å²) < 4.78 is 18.2. The van der Waals surface area contributed by atoms with E-state index in [0.29, 0.717) is 13.1 Å². The molecule has 1 aliphatic rings. The second-order valence-corrected chi connectivity index (χ2v) is 7.01. The van der Waals surface area contributed by atoms with Gasteiger partial charge in [0.1, 0.15) is 11.6 Å². The highest BCUT2D eigenvalue weighted by molar-refractivity contribution is 5.78. The van der Waals surface area contributed by atoms with Gasteiger partial charge in [-0.1, -0.05) is 37.1 Å². The molecule has 1 atom stereocenters. The Morgan fingerprint density at radius 1 is 1.11 bits per heavy atom. The summed E-state index contributed by atoms with van der Waals surface area (Å²) in [4.78, 5) is 14.8. The highest BCUT2D eigenvalue weighted by atomic mass is 19.1. The molecule has 1 fully saturated rings. The predicted octanol–water partition coefficient (Wildman–Crippen LogP) is 4.07. The van der Waals surface area contributed by atoms with E-state index in [2.05, 4.69) is 22.3 Å². The molecule has 4 nitrogen and oxygen atoms in total. The summed E-state index contributed by atoms with van der Waals surface area (Å²) in [7, 11) is 1.67. The maximum Gasteiger partial charge on any atom is 0.234 e. The number of nitrogens with one attached hydrogen (secondary N) is 1. The first-order valence-corrected chi connectivity index (χ1v) is 9.55. The molecule has 1 aliphatic heterocycles. The summed E-state index contributed by atoms with van der Waals surface area (Å²) in [6.45, 7) is 1.71. The molecule has 0 aromatic heterocycles. The van der Waals surface area contributed by atoms with E-state index in [9.17, 15) is 9.18 Å². The monoisotopic (exact) mass is 370 g/mol. The summed E-state index contributed by atoms with van der Waals surface area (Å²) in [5, 5.41) is 2.95. The Morgan fingerprint density at radius 2 is 1.85 bits per heavy atom. The van der Waals surface area contributed by atoms with Crippen LogP contribution in [0.3, 0.4) is 0 Å². The van der Waals surface area contributed by atoms with E-state index in [1.165, 1.54) is 30.5 Å². The first-order chi connectivity index (χ1) is 13.2. The van der Waals surface area contributed by atoms with E-state index in [0.717, 1.165) is 30.7 Å². The van der Waals surface area contributed by atoms with Crippen LogP contribution in [-0.4, -0.2) is 31.0 Å². The predicted molar refractivity (Wildman–Crippen MR) is 104 cm³/mol. The molecule has 1 saturated heterocycles. The molecule has 1 amide bonds. The van der Waals surface area contributed by atoms with Crippen LogP contribution >= 0.6 is 0 Å². The quantitative estimate of drug-likeness (QED) is 0.833. The van der Waals surface area contributed by atoms with Gasteiger partial charge in [0.15, 0.2) is 0 Å². The van der Waals surface area contributed by atoms with Crippen molar-refractivity contribution < 1.29 is 13.9 Å². The second-order valence-electron chi connectivity index (χ2n) is 7.01. The topological polar surface area (TPSA) is 41.6 Å². The maximum atomic E-state index is 13.0. The Hall–Kier alpha value is -2.40. The zero-order valence-electron chi connectivity index (χ0n) is 15.8. The van der Waals surface area contributed by atoms with E-state index < -0.39 is 0 Å². The van der Waals surface area contributed by atoms with Gasteiger partial charge in [-0.3, -0.25) is 9.69 Å². The highest BCUT2D eigenvalue weighted by Crippen LogP contribution is 2.30. The Balaban J connectivity index is 1.62. The fraction of sp³-hybridized carbons (Fsp3) is 0.409. The third-order valence-electron chi connectivity index (χ3n) is 5.11. The van der Waals surface area contributed by atoms with Crippen molar-refractivity contribution >= 4 is 5.91 Å². The molecule has 3 rings (SSSR count). The average molecular weight is 370 g/mol. The Kier molecular flexibility index (Phi) is 6.82. The molecule has 2 aromatic rings. The molecule has 1 heterocycles. The minimum absolute atomic E-state index is 0.000244. The van der Waals surface area contributed by atoms with Gasteiger partial charge >= 0.3 is 0 Å². The molecule has 0 radical (unpaired) electrons. The van der Waals surface area contributed by atoms with Crippen LogP contribution in [0.4, 0.5) is 4.39 Å². The minimum Gasteiger partial charge on any atom is -0.497 e. The molecule has 1 N–H and O–H groups in total. The fourth-order valence-electron chi connectivity index (χ4n) is 3.60. The maximum absolute atomic E-state index is 13.0. The lowest BCUT2D eigenvalue weighted by Crippen LogP contribution is -2.39. The van der Waals surface area contributed by atoms with Crippen LogP contribution in [0.25, 0.3) is 0 Å². The number of carbonyl (C=O) groups is 1. The van der Waals surface area contributed by atoms with Crippen molar-refractivity contribution in [3.63, 3.8) is 0 Å². The average Bonchev–Trinajstić information content (AvgIpc) is 2.93. The molecule has 0 spiro atoms. The molecule has 5 heteroatoms. The number of halogens is 1. The molecule has 27 heavy (non-hydrogen) atoms. The van der Waals surface area contributed by atoms with Gasteiger partial charge in [-0.25, -0.2) is 4.39 Å². The number of likely N-dealkylation sites (tertiary alicyclic amines) is 1. The van der Waals surface area contributed by atoms with Gasteiger partial charge in [0, 0.05) is 12.6 Å². The van der Waals surface area contributed by atoms with Crippen molar-refractivity contribution in [2.75, 3.05) is 20.2 Å². The van der Waals surface area contributed by atoms with Gasteiger partial charge in [-0.05, 0) is 54.8 Å². The third-order valence-corrected chi connectivity index (χ3v) is 5.11. The first kappa shape index (κ1) is 19.4. The molecular formula is C22H27FN2O2.